The quantitative estimate of drug-likeness (QED) is 0.0281. The number of phosphoric ester groups is 1. The van der Waals surface area contributed by atoms with Crippen molar-refractivity contribution in [2.75, 3.05) is 20.3 Å². The van der Waals surface area contributed by atoms with Crippen LogP contribution >= 0.6 is 7.82 Å². The van der Waals surface area contributed by atoms with Crippen molar-refractivity contribution in [3.8, 4) is 0 Å². The molecule has 0 amide bonds. The maximum atomic E-state index is 12.5. The molecule has 2 atom stereocenters. The van der Waals surface area contributed by atoms with Crippen molar-refractivity contribution in [1.29, 1.82) is 0 Å². The highest BCUT2D eigenvalue weighted by molar-refractivity contribution is 7.47. The molecule has 0 aliphatic rings. The van der Waals surface area contributed by atoms with Gasteiger partial charge in [-0.15, -0.1) is 0 Å². The zero-order valence-electron chi connectivity index (χ0n) is 36.3. The summed E-state index contributed by atoms with van der Waals surface area (Å²) < 4.78 is 32.0. The van der Waals surface area contributed by atoms with E-state index < -0.39 is 26.5 Å². The van der Waals surface area contributed by atoms with Crippen LogP contribution in [0.3, 0.4) is 0 Å². The lowest BCUT2D eigenvalue weighted by atomic mass is 10.0. The molecule has 8 nitrogen and oxygen atoms in total. The molecule has 0 saturated carbocycles. The van der Waals surface area contributed by atoms with Gasteiger partial charge in [-0.05, 0) is 51.4 Å². The van der Waals surface area contributed by atoms with Crippen molar-refractivity contribution in [3.63, 3.8) is 0 Å². The number of carbonyl (C=O) groups excluding carboxylic acids is 2. The Hall–Kier alpha value is -1.99. The summed E-state index contributed by atoms with van der Waals surface area (Å²) in [6.07, 6.45) is 51.6. The second kappa shape index (κ2) is 42.6. The highest BCUT2D eigenvalue weighted by Gasteiger charge is 2.24. The second-order valence-corrected chi connectivity index (χ2v) is 16.7. The Bertz CT molecular complexity index is 1050. The first kappa shape index (κ1) is 54.0. The number of carbonyl (C=O) groups is 2. The van der Waals surface area contributed by atoms with Gasteiger partial charge in [0.2, 0.25) is 0 Å². The number of esters is 2. The first-order chi connectivity index (χ1) is 27.3. The molecule has 56 heavy (non-hydrogen) atoms. The number of allylic oxidation sites excluding steroid dienone is 8. The number of phosphoric acid groups is 1. The van der Waals surface area contributed by atoms with Crippen LogP contribution in [0.1, 0.15) is 213 Å². The van der Waals surface area contributed by atoms with Crippen LogP contribution in [0.5, 0.6) is 0 Å². The topological polar surface area (TPSA) is 108 Å². The number of ether oxygens (including phenoxy) is 2. The molecule has 0 radical (unpaired) electrons. The van der Waals surface area contributed by atoms with E-state index in [-0.39, 0.29) is 19.0 Å². The van der Waals surface area contributed by atoms with Gasteiger partial charge in [0.1, 0.15) is 6.61 Å². The van der Waals surface area contributed by atoms with Crippen LogP contribution in [0.15, 0.2) is 48.6 Å². The number of hydrogen-bond donors (Lipinski definition) is 1. The predicted octanol–water partition coefficient (Wildman–Crippen LogP) is 14.6. The summed E-state index contributed by atoms with van der Waals surface area (Å²) in [4.78, 5) is 34.5. The fourth-order valence-corrected chi connectivity index (χ4v) is 6.82. The Morgan fingerprint density at radius 1 is 0.518 bits per heavy atom. The van der Waals surface area contributed by atoms with E-state index in [2.05, 4.69) is 67.0 Å². The second-order valence-electron chi connectivity index (χ2n) is 15.2. The van der Waals surface area contributed by atoms with E-state index in [1.807, 2.05) is 0 Å². The molecular formula is C47H85O8P. The summed E-state index contributed by atoms with van der Waals surface area (Å²) >= 11 is 0. The van der Waals surface area contributed by atoms with E-state index in [0.717, 1.165) is 77.7 Å². The fourth-order valence-electron chi connectivity index (χ4n) is 6.36. The molecule has 0 rings (SSSR count). The highest BCUT2D eigenvalue weighted by atomic mass is 31.2. The van der Waals surface area contributed by atoms with Crippen LogP contribution in [-0.4, -0.2) is 43.3 Å². The normalized spacial score (nSPS) is 13.7. The van der Waals surface area contributed by atoms with Crippen LogP contribution < -0.4 is 0 Å². The molecule has 0 aromatic rings. The van der Waals surface area contributed by atoms with Gasteiger partial charge in [0, 0.05) is 20.0 Å². The Labute approximate surface area is 344 Å². The molecule has 9 heteroatoms. The van der Waals surface area contributed by atoms with Gasteiger partial charge < -0.3 is 14.4 Å². The van der Waals surface area contributed by atoms with E-state index in [9.17, 15) is 19.0 Å². The summed E-state index contributed by atoms with van der Waals surface area (Å²) in [6, 6.07) is 0. The van der Waals surface area contributed by atoms with Crippen LogP contribution in [0, 0.1) is 0 Å². The maximum Gasteiger partial charge on any atom is 0.472 e. The molecule has 1 N–H and O–H groups in total. The summed E-state index contributed by atoms with van der Waals surface area (Å²) in [5.41, 5.74) is 0. The molecule has 2 unspecified atom stereocenters. The van der Waals surface area contributed by atoms with Gasteiger partial charge in [0.15, 0.2) is 6.10 Å². The monoisotopic (exact) mass is 809 g/mol. The molecule has 0 aromatic carbocycles. The lowest BCUT2D eigenvalue weighted by Crippen LogP contribution is -2.29. The molecule has 0 aliphatic heterocycles. The molecular weight excluding hydrogens is 723 g/mol. The molecule has 0 heterocycles. The Balaban J connectivity index is 3.94. The SMILES string of the molecule is CC/C=C\C/C=C\C/C=C\C/C=C\CCCCCCCCCCCCC(=O)OC(COC(=O)CCCCCCCCCCCCCCCC)COP(=O)(O)OC. The lowest BCUT2D eigenvalue weighted by Gasteiger charge is -2.19. The molecule has 326 valence electrons. The first-order valence-corrected chi connectivity index (χ1v) is 24.3. The van der Waals surface area contributed by atoms with Gasteiger partial charge in [-0.2, -0.15) is 0 Å². The largest absolute Gasteiger partial charge is 0.472 e. The molecule has 0 bridgehead atoms. The van der Waals surface area contributed by atoms with E-state index in [1.165, 1.54) is 109 Å². The minimum absolute atomic E-state index is 0.225. The molecule has 0 aromatic heterocycles. The minimum atomic E-state index is -4.26. The maximum absolute atomic E-state index is 12.5. The van der Waals surface area contributed by atoms with Crippen molar-refractivity contribution in [1.82, 2.24) is 0 Å². The average Bonchev–Trinajstić information content (AvgIpc) is 3.19. The predicted molar refractivity (Wildman–Crippen MR) is 235 cm³/mol. The van der Waals surface area contributed by atoms with Gasteiger partial charge in [0.05, 0.1) is 6.61 Å². The average molecular weight is 809 g/mol. The van der Waals surface area contributed by atoms with Crippen LogP contribution in [0.4, 0.5) is 0 Å². The third-order valence-corrected chi connectivity index (χ3v) is 10.8. The van der Waals surface area contributed by atoms with Gasteiger partial charge >= 0.3 is 19.8 Å². The zero-order valence-corrected chi connectivity index (χ0v) is 37.2. The third kappa shape index (κ3) is 41.6. The van der Waals surface area contributed by atoms with Crippen molar-refractivity contribution in [2.24, 2.45) is 0 Å². The standard InChI is InChI=1S/C47H85O8P/c1-4-6-8-10-12-14-16-18-20-21-22-23-24-25-26-27-28-30-32-34-36-38-40-42-47(49)55-45(44-54-56(50,51)52-3)43-53-46(48)41-39-37-35-33-31-29-19-17-15-13-11-9-7-5-2/h6,8,12,14,18,20,22-23,45H,4-5,7,9-11,13,15-17,19,21,24-44H2,1-3H3,(H,50,51)/b8-6-,14-12-,20-18-,23-22-. The van der Waals surface area contributed by atoms with Crippen molar-refractivity contribution >= 4 is 19.8 Å². The number of unbranched alkanes of at least 4 members (excludes halogenated alkanes) is 23. The van der Waals surface area contributed by atoms with Gasteiger partial charge in [-0.3, -0.25) is 18.6 Å². The fraction of sp³-hybridized carbons (Fsp3) is 0.787. The third-order valence-electron chi connectivity index (χ3n) is 9.84. The van der Waals surface area contributed by atoms with E-state index in [1.54, 1.807) is 0 Å². The lowest BCUT2D eigenvalue weighted by molar-refractivity contribution is -0.161. The Morgan fingerprint density at radius 3 is 1.36 bits per heavy atom. The van der Waals surface area contributed by atoms with Crippen LogP contribution in [-0.2, 0) is 32.7 Å². The molecule has 0 aliphatic carbocycles. The zero-order chi connectivity index (χ0) is 41.1. The number of hydrogen-bond acceptors (Lipinski definition) is 7. The Kier molecular flexibility index (Phi) is 41.1. The summed E-state index contributed by atoms with van der Waals surface area (Å²) in [6.45, 7) is 3.79. The van der Waals surface area contributed by atoms with Gasteiger partial charge in [-0.1, -0.05) is 197 Å². The molecule has 0 fully saturated rings. The van der Waals surface area contributed by atoms with Crippen molar-refractivity contribution in [2.45, 2.75) is 219 Å². The number of rotatable bonds is 42. The molecule has 0 spiro atoms. The van der Waals surface area contributed by atoms with Crippen LogP contribution in [0.25, 0.3) is 0 Å². The van der Waals surface area contributed by atoms with Crippen molar-refractivity contribution < 1.29 is 37.6 Å². The minimum Gasteiger partial charge on any atom is -0.462 e. The molecule has 0 saturated heterocycles. The first-order valence-electron chi connectivity index (χ1n) is 22.8. The van der Waals surface area contributed by atoms with Crippen molar-refractivity contribution in [3.05, 3.63) is 48.6 Å². The van der Waals surface area contributed by atoms with E-state index >= 15 is 0 Å². The van der Waals surface area contributed by atoms with Gasteiger partial charge in [-0.25, -0.2) is 4.57 Å². The smallest absolute Gasteiger partial charge is 0.462 e. The summed E-state index contributed by atoms with van der Waals surface area (Å²) in [5.74, 6) is -0.803. The van der Waals surface area contributed by atoms with Crippen LogP contribution in [0.2, 0.25) is 0 Å². The summed E-state index contributed by atoms with van der Waals surface area (Å²) in [7, 11) is -3.20. The van der Waals surface area contributed by atoms with Gasteiger partial charge in [0.25, 0.3) is 0 Å². The van der Waals surface area contributed by atoms with E-state index in [0.29, 0.717) is 12.8 Å². The Morgan fingerprint density at radius 2 is 0.911 bits per heavy atom. The highest BCUT2D eigenvalue weighted by Crippen LogP contribution is 2.42. The van der Waals surface area contributed by atoms with E-state index in [4.69, 9.17) is 14.0 Å². The summed E-state index contributed by atoms with van der Waals surface area (Å²) in [5, 5.41) is 0.